The van der Waals surface area contributed by atoms with Crippen LogP contribution in [0.2, 0.25) is 0 Å². The Balaban J connectivity index is 1.99. The molecule has 0 atom stereocenters. The molecule has 2 aromatic heterocycles. The van der Waals surface area contributed by atoms with Crippen LogP contribution in [0.5, 0.6) is 0 Å². The van der Waals surface area contributed by atoms with Gasteiger partial charge in [-0.25, -0.2) is 4.98 Å². The van der Waals surface area contributed by atoms with Crippen LogP contribution in [0.4, 0.5) is 16.5 Å². The number of nitrogens with one attached hydrogen (secondary N) is 1. The number of pyridine rings is 1. The Bertz CT molecular complexity index is 785. The van der Waals surface area contributed by atoms with Crippen LogP contribution in [0.15, 0.2) is 41.8 Å². The number of hydrogen-bond acceptors (Lipinski definition) is 5. The van der Waals surface area contributed by atoms with Gasteiger partial charge in [-0.15, -0.1) is 11.3 Å². The zero-order valence-electron chi connectivity index (χ0n) is 9.92. The molecule has 3 N–H and O–H groups in total. The standard InChI is InChI=1S/C14H10N4S/c15-7-10-12(8-19-14(10)16)18-13-6-5-9-3-1-2-4-11(9)17-13/h1-6,8H,16H2,(H,17,18). The molecular weight excluding hydrogens is 256 g/mol. The maximum absolute atomic E-state index is 9.05. The molecule has 3 aromatic rings. The van der Waals surface area contributed by atoms with Gasteiger partial charge in [0.25, 0.3) is 0 Å². The molecule has 0 aliphatic rings. The number of aromatic nitrogens is 1. The van der Waals surface area contributed by atoms with Crippen LogP contribution in [0, 0.1) is 11.3 Å². The van der Waals surface area contributed by atoms with E-state index in [1.165, 1.54) is 11.3 Å². The van der Waals surface area contributed by atoms with Crippen molar-refractivity contribution in [1.82, 2.24) is 4.98 Å². The van der Waals surface area contributed by atoms with Crippen molar-refractivity contribution in [2.45, 2.75) is 0 Å². The molecule has 0 bridgehead atoms. The first kappa shape index (κ1) is 11.5. The van der Waals surface area contributed by atoms with E-state index < -0.39 is 0 Å². The number of anilines is 3. The first-order valence-corrected chi connectivity index (χ1v) is 6.56. The smallest absolute Gasteiger partial charge is 0.131 e. The topological polar surface area (TPSA) is 74.7 Å². The zero-order valence-corrected chi connectivity index (χ0v) is 10.7. The maximum Gasteiger partial charge on any atom is 0.131 e. The van der Waals surface area contributed by atoms with Crippen LogP contribution in [0.3, 0.4) is 0 Å². The number of para-hydroxylation sites is 1. The normalized spacial score (nSPS) is 10.3. The first-order valence-electron chi connectivity index (χ1n) is 5.68. The molecule has 0 aliphatic carbocycles. The number of nitrogens with zero attached hydrogens (tertiary/aromatic N) is 2. The molecule has 0 radical (unpaired) electrons. The van der Waals surface area contributed by atoms with Crippen molar-refractivity contribution in [1.29, 1.82) is 5.26 Å². The van der Waals surface area contributed by atoms with E-state index in [0.717, 1.165) is 10.9 Å². The highest BCUT2D eigenvalue weighted by Gasteiger charge is 2.09. The molecule has 19 heavy (non-hydrogen) atoms. The van der Waals surface area contributed by atoms with Crippen molar-refractivity contribution >= 4 is 38.7 Å². The third kappa shape index (κ3) is 2.09. The Morgan fingerprint density at radius 2 is 2.05 bits per heavy atom. The number of nitrogens with two attached hydrogens (primary N) is 1. The number of nitriles is 1. The third-order valence-electron chi connectivity index (χ3n) is 2.79. The molecule has 1 aromatic carbocycles. The predicted molar refractivity (Wildman–Crippen MR) is 78.5 cm³/mol. The molecule has 0 amide bonds. The van der Waals surface area contributed by atoms with Crippen LogP contribution in [-0.2, 0) is 0 Å². The van der Waals surface area contributed by atoms with Crippen LogP contribution >= 0.6 is 11.3 Å². The van der Waals surface area contributed by atoms with E-state index in [2.05, 4.69) is 16.4 Å². The number of hydrogen-bond donors (Lipinski definition) is 2. The SMILES string of the molecule is N#Cc1c(Nc2ccc3ccccc3n2)csc1N. The summed E-state index contributed by atoms with van der Waals surface area (Å²) in [5, 5.41) is 15.6. The van der Waals surface area contributed by atoms with Crippen molar-refractivity contribution in [3.05, 3.63) is 47.3 Å². The van der Waals surface area contributed by atoms with Crippen LogP contribution in [-0.4, -0.2) is 4.98 Å². The lowest BCUT2D eigenvalue weighted by atomic mass is 10.2. The van der Waals surface area contributed by atoms with E-state index >= 15 is 0 Å². The van der Waals surface area contributed by atoms with Gasteiger partial charge in [-0.2, -0.15) is 5.26 Å². The van der Waals surface area contributed by atoms with E-state index in [0.29, 0.717) is 22.1 Å². The van der Waals surface area contributed by atoms with Crippen LogP contribution in [0.1, 0.15) is 5.56 Å². The lowest BCUT2D eigenvalue weighted by Crippen LogP contribution is -1.95. The van der Waals surface area contributed by atoms with Gasteiger partial charge in [0.2, 0.25) is 0 Å². The second kappa shape index (κ2) is 4.59. The summed E-state index contributed by atoms with van der Waals surface area (Å²) in [6.07, 6.45) is 0. The number of rotatable bonds is 2. The minimum atomic E-state index is 0.472. The number of fused-ring (bicyclic) bond motifs is 1. The van der Waals surface area contributed by atoms with Crippen molar-refractivity contribution < 1.29 is 0 Å². The minimum Gasteiger partial charge on any atom is -0.389 e. The van der Waals surface area contributed by atoms with Gasteiger partial charge in [0.15, 0.2) is 0 Å². The number of nitrogen functional groups attached to an aromatic ring is 1. The largest absolute Gasteiger partial charge is 0.389 e. The highest BCUT2D eigenvalue weighted by atomic mass is 32.1. The quantitative estimate of drug-likeness (QED) is 0.744. The van der Waals surface area contributed by atoms with E-state index in [1.807, 2.05) is 41.8 Å². The predicted octanol–water partition coefficient (Wildman–Crippen LogP) is 3.49. The average Bonchev–Trinajstić information content (AvgIpc) is 2.79. The summed E-state index contributed by atoms with van der Waals surface area (Å²) in [4.78, 5) is 4.50. The van der Waals surface area contributed by atoms with E-state index in [9.17, 15) is 0 Å². The Morgan fingerprint density at radius 3 is 2.89 bits per heavy atom. The van der Waals surface area contributed by atoms with Crippen LogP contribution < -0.4 is 11.1 Å². The van der Waals surface area contributed by atoms with E-state index in [-0.39, 0.29) is 0 Å². The summed E-state index contributed by atoms with van der Waals surface area (Å²) in [6.45, 7) is 0. The summed E-state index contributed by atoms with van der Waals surface area (Å²) >= 11 is 1.34. The second-order valence-corrected chi connectivity index (χ2v) is 4.93. The van der Waals surface area contributed by atoms with E-state index in [1.54, 1.807) is 0 Å². The Morgan fingerprint density at radius 1 is 1.21 bits per heavy atom. The molecule has 3 rings (SSSR count). The molecule has 4 nitrogen and oxygen atoms in total. The maximum atomic E-state index is 9.05. The molecule has 5 heteroatoms. The van der Waals surface area contributed by atoms with Gasteiger partial charge in [0.05, 0.1) is 11.2 Å². The van der Waals surface area contributed by atoms with Crippen molar-refractivity contribution in [3.63, 3.8) is 0 Å². The van der Waals surface area contributed by atoms with Gasteiger partial charge in [0.1, 0.15) is 22.5 Å². The lowest BCUT2D eigenvalue weighted by molar-refractivity contribution is 1.37. The number of benzene rings is 1. The fraction of sp³-hybridized carbons (Fsp3) is 0. The monoisotopic (exact) mass is 266 g/mol. The Labute approximate surface area is 114 Å². The van der Waals surface area contributed by atoms with Gasteiger partial charge in [-0.05, 0) is 18.2 Å². The van der Waals surface area contributed by atoms with Gasteiger partial charge < -0.3 is 11.1 Å². The molecule has 92 valence electrons. The summed E-state index contributed by atoms with van der Waals surface area (Å²) < 4.78 is 0. The van der Waals surface area contributed by atoms with Crippen molar-refractivity contribution in [2.24, 2.45) is 0 Å². The molecule has 0 fully saturated rings. The summed E-state index contributed by atoms with van der Waals surface area (Å²) in [7, 11) is 0. The molecule has 0 saturated carbocycles. The van der Waals surface area contributed by atoms with E-state index in [4.69, 9.17) is 11.0 Å². The number of thiophene rings is 1. The van der Waals surface area contributed by atoms with Gasteiger partial charge in [0, 0.05) is 10.8 Å². The van der Waals surface area contributed by atoms with Gasteiger partial charge in [-0.3, -0.25) is 0 Å². The zero-order chi connectivity index (χ0) is 13.2. The third-order valence-corrected chi connectivity index (χ3v) is 3.60. The summed E-state index contributed by atoms with van der Waals surface area (Å²) in [5.41, 5.74) is 7.82. The lowest BCUT2D eigenvalue weighted by Gasteiger charge is -2.05. The molecule has 2 heterocycles. The Kier molecular flexibility index (Phi) is 2.78. The minimum absolute atomic E-state index is 0.472. The summed E-state index contributed by atoms with van der Waals surface area (Å²) in [6, 6.07) is 13.9. The molecule has 0 spiro atoms. The van der Waals surface area contributed by atoms with Crippen molar-refractivity contribution in [2.75, 3.05) is 11.1 Å². The second-order valence-electron chi connectivity index (χ2n) is 4.01. The van der Waals surface area contributed by atoms with Gasteiger partial charge in [-0.1, -0.05) is 18.2 Å². The fourth-order valence-electron chi connectivity index (χ4n) is 1.85. The first-order chi connectivity index (χ1) is 9.28. The Hall–Kier alpha value is -2.58. The molecule has 0 unspecified atom stereocenters. The molecular formula is C14H10N4S. The molecule has 0 saturated heterocycles. The van der Waals surface area contributed by atoms with Gasteiger partial charge >= 0.3 is 0 Å². The summed E-state index contributed by atoms with van der Waals surface area (Å²) in [5.74, 6) is 0.702. The average molecular weight is 266 g/mol. The molecule has 0 aliphatic heterocycles. The highest BCUT2D eigenvalue weighted by Crippen LogP contribution is 2.30. The highest BCUT2D eigenvalue weighted by molar-refractivity contribution is 7.14. The van der Waals surface area contributed by atoms with Crippen molar-refractivity contribution in [3.8, 4) is 6.07 Å². The van der Waals surface area contributed by atoms with Crippen LogP contribution in [0.25, 0.3) is 10.9 Å². The fourth-order valence-corrected chi connectivity index (χ4v) is 2.55.